The predicted molar refractivity (Wildman–Crippen MR) is 106 cm³/mol. The number of rotatable bonds is 11. The van der Waals surface area contributed by atoms with E-state index in [1.54, 1.807) is 14.2 Å². The Morgan fingerprint density at radius 2 is 2.07 bits per heavy atom. The molecule has 0 aliphatic carbocycles. The van der Waals surface area contributed by atoms with E-state index in [0.29, 0.717) is 37.4 Å². The Hall–Kier alpha value is -1.99. The second kappa shape index (κ2) is 11.1. The minimum Gasteiger partial charge on any atom is -0.493 e. The van der Waals surface area contributed by atoms with Crippen molar-refractivity contribution in [3.8, 4) is 11.5 Å². The molecular formula is C21H33NO6. The highest BCUT2D eigenvalue weighted by atomic mass is 16.5. The molecule has 1 aliphatic rings. The Bertz CT molecular complexity index is 621. The summed E-state index contributed by atoms with van der Waals surface area (Å²) in [5.41, 5.74) is 1.15. The summed E-state index contributed by atoms with van der Waals surface area (Å²) in [7, 11) is 3.31. The molecule has 0 radical (unpaired) electrons. The average Bonchev–Trinajstić information content (AvgIpc) is 3.13. The Labute approximate surface area is 167 Å². The van der Waals surface area contributed by atoms with Gasteiger partial charge in [0, 0.05) is 20.1 Å². The van der Waals surface area contributed by atoms with Gasteiger partial charge in [0.2, 0.25) is 0 Å². The molecule has 1 heterocycles. The van der Waals surface area contributed by atoms with Crippen LogP contribution >= 0.6 is 0 Å². The summed E-state index contributed by atoms with van der Waals surface area (Å²) in [5.74, 6) is 2.20. The molecule has 0 saturated carbocycles. The van der Waals surface area contributed by atoms with Crippen molar-refractivity contribution in [3.63, 3.8) is 0 Å². The molecule has 7 heteroatoms. The first-order valence-electron chi connectivity index (χ1n) is 9.82. The third kappa shape index (κ3) is 6.27. The van der Waals surface area contributed by atoms with Gasteiger partial charge in [0.15, 0.2) is 11.5 Å². The minimum atomic E-state index is -0.916. The van der Waals surface area contributed by atoms with Crippen LogP contribution < -0.4 is 9.47 Å². The molecule has 1 aromatic carbocycles. The van der Waals surface area contributed by atoms with Crippen LogP contribution in [-0.2, 0) is 15.9 Å². The average molecular weight is 395 g/mol. The van der Waals surface area contributed by atoms with Crippen LogP contribution in [0, 0.1) is 11.8 Å². The molecule has 1 amide bonds. The summed E-state index contributed by atoms with van der Waals surface area (Å²) in [5, 5.41) is 9.35. The monoisotopic (exact) mass is 395 g/mol. The molecule has 0 spiro atoms. The standard InChI is InChI=1S/C21H33NO6/c1-15(2)17(12-18-13-27-14-22(18)21(23)24)10-16-6-7-19(26-4)20(11-16)28-9-5-8-25-3/h6-7,11,15,17-18H,5,8-10,12-14H2,1-4H3,(H,23,24)/t17-,18?/m0/s1. The number of amides is 1. The van der Waals surface area contributed by atoms with Gasteiger partial charge in [-0.15, -0.1) is 0 Å². The molecule has 1 N–H and O–H groups in total. The number of hydrogen-bond acceptors (Lipinski definition) is 5. The lowest BCUT2D eigenvalue weighted by Crippen LogP contribution is -2.37. The first kappa shape index (κ1) is 22.3. The van der Waals surface area contributed by atoms with Crippen LogP contribution in [0.2, 0.25) is 0 Å². The van der Waals surface area contributed by atoms with Crippen molar-refractivity contribution in [2.24, 2.45) is 11.8 Å². The van der Waals surface area contributed by atoms with Gasteiger partial charge < -0.3 is 24.1 Å². The molecule has 1 aliphatic heterocycles. The van der Waals surface area contributed by atoms with E-state index < -0.39 is 6.09 Å². The lowest BCUT2D eigenvalue weighted by atomic mass is 9.84. The molecule has 158 valence electrons. The van der Waals surface area contributed by atoms with Crippen molar-refractivity contribution in [1.29, 1.82) is 0 Å². The van der Waals surface area contributed by atoms with Crippen molar-refractivity contribution in [2.45, 2.75) is 39.2 Å². The SMILES string of the molecule is COCCCOc1cc(C[C@@H](CC2COCN2C(=O)O)C(C)C)ccc1OC. The fraction of sp³-hybridized carbons (Fsp3) is 0.667. The van der Waals surface area contributed by atoms with Gasteiger partial charge in [-0.2, -0.15) is 0 Å². The zero-order valence-electron chi connectivity index (χ0n) is 17.3. The molecular weight excluding hydrogens is 362 g/mol. The number of carboxylic acid groups (broad SMARTS) is 1. The zero-order chi connectivity index (χ0) is 20.5. The van der Waals surface area contributed by atoms with Gasteiger partial charge in [0.05, 0.1) is 26.4 Å². The van der Waals surface area contributed by atoms with E-state index in [1.807, 2.05) is 12.1 Å². The number of methoxy groups -OCH3 is 2. The lowest BCUT2D eigenvalue weighted by molar-refractivity contribution is 0.108. The number of hydrogen-bond donors (Lipinski definition) is 1. The topological polar surface area (TPSA) is 77.5 Å². The maximum atomic E-state index is 11.4. The summed E-state index contributed by atoms with van der Waals surface area (Å²) in [6, 6.07) is 5.92. The van der Waals surface area contributed by atoms with E-state index in [-0.39, 0.29) is 12.8 Å². The molecule has 1 saturated heterocycles. The Morgan fingerprint density at radius 3 is 2.71 bits per heavy atom. The molecule has 1 fully saturated rings. The highest BCUT2D eigenvalue weighted by Crippen LogP contribution is 2.32. The van der Waals surface area contributed by atoms with Crippen molar-refractivity contribution in [1.82, 2.24) is 4.90 Å². The van der Waals surface area contributed by atoms with Crippen molar-refractivity contribution < 1.29 is 28.8 Å². The van der Waals surface area contributed by atoms with E-state index in [1.165, 1.54) is 4.90 Å². The first-order valence-corrected chi connectivity index (χ1v) is 9.82. The van der Waals surface area contributed by atoms with Crippen LogP contribution in [0.5, 0.6) is 11.5 Å². The first-order chi connectivity index (χ1) is 13.5. The summed E-state index contributed by atoms with van der Waals surface area (Å²) < 4.78 is 21.7. The van der Waals surface area contributed by atoms with Crippen molar-refractivity contribution in [2.75, 3.05) is 40.8 Å². The van der Waals surface area contributed by atoms with E-state index in [4.69, 9.17) is 18.9 Å². The molecule has 28 heavy (non-hydrogen) atoms. The Balaban J connectivity index is 2.06. The normalized spacial score (nSPS) is 17.8. The molecule has 1 aromatic rings. The Kier molecular flexibility index (Phi) is 8.86. The molecule has 2 atom stereocenters. The molecule has 2 rings (SSSR count). The van der Waals surface area contributed by atoms with Gasteiger partial charge >= 0.3 is 6.09 Å². The molecule has 0 aromatic heterocycles. The van der Waals surface area contributed by atoms with Crippen LogP contribution in [0.15, 0.2) is 18.2 Å². The zero-order valence-corrected chi connectivity index (χ0v) is 17.3. The van der Waals surface area contributed by atoms with Crippen LogP contribution in [0.25, 0.3) is 0 Å². The fourth-order valence-corrected chi connectivity index (χ4v) is 3.48. The summed E-state index contributed by atoms with van der Waals surface area (Å²) in [4.78, 5) is 12.8. The van der Waals surface area contributed by atoms with E-state index in [2.05, 4.69) is 19.9 Å². The quantitative estimate of drug-likeness (QED) is 0.576. The van der Waals surface area contributed by atoms with Gasteiger partial charge in [0.1, 0.15) is 6.73 Å². The second-order valence-corrected chi connectivity index (χ2v) is 7.53. The highest BCUT2D eigenvalue weighted by molar-refractivity contribution is 5.65. The largest absolute Gasteiger partial charge is 0.493 e. The summed E-state index contributed by atoms with van der Waals surface area (Å²) >= 11 is 0. The van der Waals surface area contributed by atoms with Gasteiger partial charge in [-0.25, -0.2) is 4.79 Å². The third-order valence-corrected chi connectivity index (χ3v) is 5.22. The number of ether oxygens (including phenoxy) is 4. The number of carbonyl (C=O) groups is 1. The van der Waals surface area contributed by atoms with Gasteiger partial charge in [0.25, 0.3) is 0 Å². The fourth-order valence-electron chi connectivity index (χ4n) is 3.48. The van der Waals surface area contributed by atoms with Crippen LogP contribution in [0.4, 0.5) is 4.79 Å². The van der Waals surface area contributed by atoms with Gasteiger partial charge in [-0.1, -0.05) is 19.9 Å². The van der Waals surface area contributed by atoms with Gasteiger partial charge in [-0.3, -0.25) is 4.90 Å². The maximum absolute atomic E-state index is 11.4. The maximum Gasteiger partial charge on any atom is 0.409 e. The van der Waals surface area contributed by atoms with Crippen LogP contribution in [0.3, 0.4) is 0 Å². The minimum absolute atomic E-state index is 0.0899. The van der Waals surface area contributed by atoms with Gasteiger partial charge in [-0.05, 0) is 42.4 Å². The molecule has 0 bridgehead atoms. The van der Waals surface area contributed by atoms with Crippen LogP contribution in [-0.4, -0.2) is 62.9 Å². The smallest absolute Gasteiger partial charge is 0.409 e. The lowest BCUT2D eigenvalue weighted by Gasteiger charge is -2.27. The summed E-state index contributed by atoms with van der Waals surface area (Å²) in [6.45, 7) is 6.20. The molecule has 7 nitrogen and oxygen atoms in total. The number of benzene rings is 1. The van der Waals surface area contributed by atoms with E-state index in [0.717, 1.165) is 30.6 Å². The third-order valence-electron chi connectivity index (χ3n) is 5.22. The van der Waals surface area contributed by atoms with E-state index >= 15 is 0 Å². The van der Waals surface area contributed by atoms with Crippen molar-refractivity contribution >= 4 is 6.09 Å². The highest BCUT2D eigenvalue weighted by Gasteiger charge is 2.32. The number of nitrogens with zero attached hydrogens (tertiary/aromatic N) is 1. The Morgan fingerprint density at radius 1 is 1.29 bits per heavy atom. The molecule has 1 unspecified atom stereocenters. The van der Waals surface area contributed by atoms with E-state index in [9.17, 15) is 9.90 Å². The summed E-state index contributed by atoms with van der Waals surface area (Å²) in [6.07, 6.45) is 1.52. The van der Waals surface area contributed by atoms with Crippen molar-refractivity contribution in [3.05, 3.63) is 23.8 Å². The van der Waals surface area contributed by atoms with Crippen LogP contribution in [0.1, 0.15) is 32.3 Å². The second-order valence-electron chi connectivity index (χ2n) is 7.53. The predicted octanol–water partition coefficient (Wildman–Crippen LogP) is 3.65.